The van der Waals surface area contributed by atoms with E-state index >= 15 is 0 Å². The van der Waals surface area contributed by atoms with Gasteiger partial charge in [0.05, 0.1) is 18.9 Å². The van der Waals surface area contributed by atoms with E-state index in [0.717, 1.165) is 26.6 Å². The summed E-state index contributed by atoms with van der Waals surface area (Å²) in [6, 6.07) is 1.91. The fourth-order valence-electron chi connectivity index (χ4n) is 2.04. The Labute approximate surface area is 132 Å². The lowest BCUT2D eigenvalue weighted by molar-refractivity contribution is 0.109. The van der Waals surface area contributed by atoms with Crippen LogP contribution in [0.25, 0.3) is 11.5 Å². The summed E-state index contributed by atoms with van der Waals surface area (Å²) >= 11 is 6.85. The maximum absolute atomic E-state index is 5.55. The van der Waals surface area contributed by atoms with Crippen LogP contribution in [-0.4, -0.2) is 21.6 Å². The van der Waals surface area contributed by atoms with Crippen molar-refractivity contribution in [3.05, 3.63) is 32.5 Å². The van der Waals surface area contributed by atoms with Gasteiger partial charge < -0.3 is 10.2 Å². The number of halogens is 2. The van der Waals surface area contributed by atoms with Gasteiger partial charge in [-0.15, -0.1) is 0 Å². The van der Waals surface area contributed by atoms with Gasteiger partial charge in [-0.1, -0.05) is 0 Å². The van der Waals surface area contributed by atoms with Crippen LogP contribution in [0.5, 0.6) is 0 Å². The fourth-order valence-corrected chi connectivity index (χ4v) is 3.20. The van der Waals surface area contributed by atoms with Gasteiger partial charge in [-0.2, -0.15) is 0 Å². The molecule has 0 bridgehead atoms. The van der Waals surface area contributed by atoms with Crippen LogP contribution in [0.2, 0.25) is 0 Å². The average Bonchev–Trinajstić information content (AvgIpc) is 2.46. The molecule has 0 fully saturated rings. The van der Waals surface area contributed by atoms with Gasteiger partial charge in [-0.05, 0) is 37.9 Å². The molecule has 0 saturated heterocycles. The highest BCUT2D eigenvalue weighted by Gasteiger charge is 2.20. The monoisotopic (exact) mass is 399 g/mol. The first-order valence-corrected chi connectivity index (χ1v) is 7.53. The van der Waals surface area contributed by atoms with Crippen molar-refractivity contribution in [2.24, 2.45) is 5.84 Å². The molecule has 3 heterocycles. The average molecular weight is 401 g/mol. The molecule has 2 aromatic heterocycles. The van der Waals surface area contributed by atoms with E-state index < -0.39 is 0 Å². The Morgan fingerprint density at radius 2 is 2.15 bits per heavy atom. The van der Waals surface area contributed by atoms with Gasteiger partial charge in [-0.3, -0.25) is 4.98 Å². The predicted molar refractivity (Wildman–Crippen MR) is 81.8 cm³/mol. The number of rotatable bonds is 2. The number of nitrogens with one attached hydrogen (secondary N) is 1. The zero-order valence-electron chi connectivity index (χ0n) is 10.4. The molecule has 104 valence electrons. The molecule has 0 unspecified atom stereocenters. The third kappa shape index (κ3) is 2.56. The summed E-state index contributed by atoms with van der Waals surface area (Å²) in [6.45, 7) is 1.13. The van der Waals surface area contributed by atoms with Crippen molar-refractivity contribution in [1.29, 1.82) is 0 Å². The summed E-state index contributed by atoms with van der Waals surface area (Å²) < 4.78 is 7.12. The quantitative estimate of drug-likeness (QED) is 0.594. The number of ether oxygens (including phenoxy) is 1. The maximum Gasteiger partial charge on any atom is 0.181 e. The molecular weight excluding hydrogens is 390 g/mol. The van der Waals surface area contributed by atoms with Gasteiger partial charge in [0, 0.05) is 27.1 Å². The molecule has 0 radical (unpaired) electrons. The van der Waals surface area contributed by atoms with E-state index in [1.165, 1.54) is 0 Å². The second kappa shape index (κ2) is 5.72. The van der Waals surface area contributed by atoms with Crippen molar-refractivity contribution in [2.45, 2.75) is 13.0 Å². The van der Waals surface area contributed by atoms with E-state index in [1.54, 1.807) is 6.20 Å². The largest absolute Gasteiger partial charge is 0.376 e. The van der Waals surface area contributed by atoms with E-state index in [2.05, 4.69) is 52.2 Å². The summed E-state index contributed by atoms with van der Waals surface area (Å²) in [5, 5.41) is 0. The Morgan fingerprint density at radius 1 is 1.30 bits per heavy atom. The molecule has 20 heavy (non-hydrogen) atoms. The number of nitrogens with two attached hydrogens (primary N) is 1. The predicted octanol–water partition coefficient (Wildman–Crippen LogP) is 2.42. The number of nitrogen functional groups attached to an aromatic ring is 1. The Balaban J connectivity index is 2.14. The van der Waals surface area contributed by atoms with Crippen molar-refractivity contribution in [2.75, 3.05) is 12.0 Å². The van der Waals surface area contributed by atoms with E-state index in [1.807, 2.05) is 6.07 Å². The molecule has 0 aliphatic carbocycles. The Hall–Kier alpha value is -1.09. The number of hydrogen-bond donors (Lipinski definition) is 2. The SMILES string of the molecule is NNc1nc(-c2ncc(Br)cc2Br)nc2c1COCC2. The molecule has 3 rings (SSSR count). The fraction of sp³-hybridized carbons (Fsp3) is 0.250. The zero-order valence-corrected chi connectivity index (χ0v) is 13.5. The maximum atomic E-state index is 5.55. The molecule has 0 saturated carbocycles. The standard InChI is InChI=1S/C12H11Br2N5O/c13-6-3-8(14)10(16-4-6)12-17-9-1-2-20-5-7(9)11(18-12)19-15/h3-4H,1-2,5,15H2,(H,17,18,19). The van der Waals surface area contributed by atoms with Crippen LogP contribution >= 0.6 is 31.9 Å². The molecule has 0 spiro atoms. The highest BCUT2D eigenvalue weighted by atomic mass is 79.9. The van der Waals surface area contributed by atoms with Crippen LogP contribution in [0.15, 0.2) is 21.2 Å². The normalized spacial score (nSPS) is 13.9. The summed E-state index contributed by atoms with van der Waals surface area (Å²) in [5.41, 5.74) is 5.15. The summed E-state index contributed by atoms with van der Waals surface area (Å²) in [4.78, 5) is 13.4. The number of anilines is 1. The lowest BCUT2D eigenvalue weighted by Gasteiger charge is -2.19. The first-order valence-electron chi connectivity index (χ1n) is 5.94. The van der Waals surface area contributed by atoms with Gasteiger partial charge in [-0.25, -0.2) is 15.8 Å². The molecule has 2 aromatic rings. The van der Waals surface area contributed by atoms with Gasteiger partial charge in [0.15, 0.2) is 5.82 Å². The second-order valence-electron chi connectivity index (χ2n) is 4.25. The van der Waals surface area contributed by atoms with E-state index in [-0.39, 0.29) is 0 Å². The van der Waals surface area contributed by atoms with Crippen LogP contribution in [-0.2, 0) is 17.8 Å². The second-order valence-corrected chi connectivity index (χ2v) is 6.02. The summed E-state index contributed by atoms with van der Waals surface area (Å²) in [5.74, 6) is 6.67. The Kier molecular flexibility index (Phi) is 3.97. The molecule has 6 nitrogen and oxygen atoms in total. The molecule has 8 heteroatoms. The molecule has 0 atom stereocenters. The minimum Gasteiger partial charge on any atom is -0.376 e. The van der Waals surface area contributed by atoms with Crippen LogP contribution in [0.4, 0.5) is 5.82 Å². The lowest BCUT2D eigenvalue weighted by atomic mass is 10.1. The molecule has 0 aromatic carbocycles. The highest BCUT2D eigenvalue weighted by Crippen LogP contribution is 2.29. The first-order chi connectivity index (χ1) is 9.69. The zero-order chi connectivity index (χ0) is 14.1. The topological polar surface area (TPSA) is 86.0 Å². The van der Waals surface area contributed by atoms with Gasteiger partial charge in [0.1, 0.15) is 11.5 Å². The molecule has 1 aliphatic rings. The minimum atomic E-state index is 0.476. The highest BCUT2D eigenvalue weighted by molar-refractivity contribution is 9.11. The van der Waals surface area contributed by atoms with Crippen molar-refractivity contribution < 1.29 is 4.74 Å². The molecule has 0 amide bonds. The third-order valence-electron chi connectivity index (χ3n) is 2.98. The number of hydrogen-bond acceptors (Lipinski definition) is 6. The van der Waals surface area contributed by atoms with Crippen LogP contribution in [0.3, 0.4) is 0 Å². The molecule has 3 N–H and O–H groups in total. The number of nitrogens with zero attached hydrogens (tertiary/aromatic N) is 3. The van der Waals surface area contributed by atoms with Crippen molar-refractivity contribution >= 4 is 37.7 Å². The lowest BCUT2D eigenvalue weighted by Crippen LogP contribution is -2.19. The summed E-state index contributed by atoms with van der Waals surface area (Å²) in [6.07, 6.45) is 2.45. The van der Waals surface area contributed by atoms with E-state index in [0.29, 0.717) is 30.5 Å². The van der Waals surface area contributed by atoms with Crippen LogP contribution in [0, 0.1) is 0 Å². The van der Waals surface area contributed by atoms with Crippen LogP contribution < -0.4 is 11.3 Å². The van der Waals surface area contributed by atoms with Crippen molar-refractivity contribution in [3.63, 3.8) is 0 Å². The minimum absolute atomic E-state index is 0.476. The van der Waals surface area contributed by atoms with Crippen molar-refractivity contribution in [1.82, 2.24) is 15.0 Å². The van der Waals surface area contributed by atoms with Crippen LogP contribution in [0.1, 0.15) is 11.3 Å². The number of pyridine rings is 1. The Bertz CT molecular complexity index is 647. The number of aromatic nitrogens is 3. The summed E-state index contributed by atoms with van der Waals surface area (Å²) in [7, 11) is 0. The van der Waals surface area contributed by atoms with Crippen molar-refractivity contribution in [3.8, 4) is 11.5 Å². The molecular formula is C12H11Br2N5O. The third-order valence-corrected chi connectivity index (χ3v) is 4.02. The van der Waals surface area contributed by atoms with E-state index in [9.17, 15) is 0 Å². The first kappa shape index (κ1) is 13.9. The smallest absolute Gasteiger partial charge is 0.181 e. The number of hydrazine groups is 1. The van der Waals surface area contributed by atoms with E-state index in [4.69, 9.17) is 10.6 Å². The van der Waals surface area contributed by atoms with Gasteiger partial charge in [0.25, 0.3) is 0 Å². The van der Waals surface area contributed by atoms with Gasteiger partial charge >= 0.3 is 0 Å². The number of fused-ring (bicyclic) bond motifs is 1. The molecule has 1 aliphatic heterocycles. The Morgan fingerprint density at radius 3 is 2.90 bits per heavy atom. The van der Waals surface area contributed by atoms with Gasteiger partial charge in [0.2, 0.25) is 0 Å².